The molecule has 1 aliphatic rings. The molecule has 1 fully saturated rings. The first-order valence-corrected chi connectivity index (χ1v) is 8.57. The van der Waals surface area contributed by atoms with Gasteiger partial charge in [-0.3, -0.25) is 4.98 Å². The van der Waals surface area contributed by atoms with Gasteiger partial charge in [0.1, 0.15) is 17.2 Å². The van der Waals surface area contributed by atoms with Crippen molar-refractivity contribution in [2.75, 3.05) is 18.4 Å². The number of hydrogen-bond acceptors (Lipinski definition) is 5. The Bertz CT molecular complexity index is 815. The monoisotopic (exact) mass is 322 g/mol. The lowest BCUT2D eigenvalue weighted by Crippen LogP contribution is -2.28. The molecule has 1 aliphatic heterocycles. The summed E-state index contributed by atoms with van der Waals surface area (Å²) in [4.78, 5) is 10.9. The minimum absolute atomic E-state index is 0.706. The van der Waals surface area contributed by atoms with E-state index in [0.29, 0.717) is 6.04 Å². The van der Waals surface area contributed by atoms with Crippen LogP contribution in [0, 0.1) is 0 Å². The van der Waals surface area contributed by atoms with Gasteiger partial charge in [0, 0.05) is 42.5 Å². The van der Waals surface area contributed by atoms with Gasteiger partial charge in [0.15, 0.2) is 0 Å². The summed E-state index contributed by atoms with van der Waals surface area (Å²) in [7, 11) is 0. The number of anilines is 2. The normalized spacial score (nSPS) is 18.3. The molecule has 0 unspecified atom stereocenters. The van der Waals surface area contributed by atoms with E-state index in [0.717, 1.165) is 41.2 Å². The first-order valence-electron chi connectivity index (χ1n) is 8.57. The van der Waals surface area contributed by atoms with Crippen LogP contribution < -0.4 is 5.32 Å². The second-order valence-electron chi connectivity index (χ2n) is 6.46. The van der Waals surface area contributed by atoms with Crippen molar-refractivity contribution in [3.63, 3.8) is 0 Å². The Morgan fingerprint density at radius 2 is 2.25 bits per heavy atom. The molecule has 0 radical (unpaired) electrons. The smallest absolute Gasteiger partial charge is 0.148 e. The molecule has 5 heteroatoms. The predicted molar refractivity (Wildman–Crippen MR) is 95.5 cm³/mol. The molecule has 1 atom stereocenters. The number of fused-ring (bicyclic) bond motifs is 1. The van der Waals surface area contributed by atoms with Gasteiger partial charge < -0.3 is 14.6 Å². The minimum atomic E-state index is 0.706. The lowest BCUT2D eigenvalue weighted by molar-refractivity contribution is 0.266. The molecule has 3 aromatic rings. The second kappa shape index (κ2) is 6.61. The van der Waals surface area contributed by atoms with Crippen LogP contribution >= 0.6 is 0 Å². The molecule has 3 heterocycles. The molecular formula is C19H22N4O. The number of hydrogen-bond donors (Lipinski definition) is 1. The van der Waals surface area contributed by atoms with Crippen molar-refractivity contribution in [3.8, 4) is 0 Å². The van der Waals surface area contributed by atoms with Crippen molar-refractivity contribution in [2.24, 2.45) is 0 Å². The predicted octanol–water partition coefficient (Wildman–Crippen LogP) is 3.99. The summed E-state index contributed by atoms with van der Waals surface area (Å²) < 4.78 is 5.99. The van der Waals surface area contributed by atoms with Crippen LogP contribution in [0.3, 0.4) is 0 Å². The number of aromatic nitrogens is 2. The Labute approximate surface area is 141 Å². The summed E-state index contributed by atoms with van der Waals surface area (Å²) >= 11 is 0. The van der Waals surface area contributed by atoms with Crippen LogP contribution in [-0.4, -0.2) is 34.0 Å². The van der Waals surface area contributed by atoms with Gasteiger partial charge in [0.05, 0.1) is 6.20 Å². The van der Waals surface area contributed by atoms with Crippen molar-refractivity contribution in [1.29, 1.82) is 0 Å². The number of nitrogens with zero attached hydrogens (tertiary/aromatic N) is 3. The zero-order valence-corrected chi connectivity index (χ0v) is 13.9. The fourth-order valence-electron chi connectivity index (χ4n) is 3.39. The van der Waals surface area contributed by atoms with E-state index in [1.165, 1.54) is 19.4 Å². The van der Waals surface area contributed by atoms with Gasteiger partial charge in [-0.05, 0) is 50.6 Å². The molecule has 0 bridgehead atoms. The van der Waals surface area contributed by atoms with E-state index in [4.69, 9.17) is 4.42 Å². The van der Waals surface area contributed by atoms with Crippen molar-refractivity contribution in [3.05, 3.63) is 48.6 Å². The SMILES string of the molecule is C[C@@H]1CCCN1CCc1cc2cc(Nc3cnccn3)ccc2o1. The van der Waals surface area contributed by atoms with Gasteiger partial charge in [-0.15, -0.1) is 0 Å². The summed E-state index contributed by atoms with van der Waals surface area (Å²) in [5.74, 6) is 1.80. The highest BCUT2D eigenvalue weighted by molar-refractivity contribution is 5.82. The van der Waals surface area contributed by atoms with E-state index < -0.39 is 0 Å². The van der Waals surface area contributed by atoms with Gasteiger partial charge >= 0.3 is 0 Å². The number of nitrogens with one attached hydrogen (secondary N) is 1. The van der Waals surface area contributed by atoms with E-state index >= 15 is 0 Å². The van der Waals surface area contributed by atoms with Crippen LogP contribution in [0.25, 0.3) is 11.0 Å². The third kappa shape index (κ3) is 3.26. The van der Waals surface area contributed by atoms with Gasteiger partial charge in [0.25, 0.3) is 0 Å². The zero-order valence-electron chi connectivity index (χ0n) is 13.9. The molecule has 4 rings (SSSR count). The average Bonchev–Trinajstić information content (AvgIpc) is 3.19. The van der Waals surface area contributed by atoms with Crippen LogP contribution in [0.4, 0.5) is 11.5 Å². The summed E-state index contributed by atoms with van der Waals surface area (Å²) in [6, 6.07) is 8.97. The van der Waals surface area contributed by atoms with Crippen LogP contribution in [0.2, 0.25) is 0 Å². The Hall–Kier alpha value is -2.40. The van der Waals surface area contributed by atoms with Gasteiger partial charge in [-0.2, -0.15) is 0 Å². The highest BCUT2D eigenvalue weighted by Crippen LogP contribution is 2.25. The summed E-state index contributed by atoms with van der Waals surface area (Å²) in [6.45, 7) is 4.61. The quantitative estimate of drug-likeness (QED) is 0.769. The van der Waals surface area contributed by atoms with Gasteiger partial charge in [-0.1, -0.05) is 0 Å². The number of benzene rings is 1. The Kier molecular flexibility index (Phi) is 4.17. The highest BCUT2D eigenvalue weighted by Gasteiger charge is 2.20. The Morgan fingerprint density at radius 3 is 3.04 bits per heavy atom. The number of rotatable bonds is 5. The minimum Gasteiger partial charge on any atom is -0.461 e. The lowest BCUT2D eigenvalue weighted by Gasteiger charge is -2.19. The molecule has 0 aliphatic carbocycles. The van der Waals surface area contributed by atoms with E-state index in [1.54, 1.807) is 18.6 Å². The summed E-state index contributed by atoms with van der Waals surface area (Å²) in [6.07, 6.45) is 8.65. The third-order valence-corrected chi connectivity index (χ3v) is 4.74. The summed E-state index contributed by atoms with van der Waals surface area (Å²) in [5, 5.41) is 4.38. The molecule has 0 saturated carbocycles. The Balaban J connectivity index is 1.46. The average molecular weight is 322 g/mol. The molecule has 0 spiro atoms. The van der Waals surface area contributed by atoms with Crippen molar-refractivity contribution < 1.29 is 4.42 Å². The molecule has 2 aromatic heterocycles. The lowest BCUT2D eigenvalue weighted by atomic mass is 10.2. The highest BCUT2D eigenvalue weighted by atomic mass is 16.3. The van der Waals surface area contributed by atoms with Gasteiger partial charge in [-0.25, -0.2) is 4.98 Å². The molecule has 0 amide bonds. The van der Waals surface area contributed by atoms with E-state index in [-0.39, 0.29) is 0 Å². The molecule has 5 nitrogen and oxygen atoms in total. The van der Waals surface area contributed by atoms with E-state index in [1.807, 2.05) is 12.1 Å². The van der Waals surface area contributed by atoms with Crippen molar-refractivity contribution in [2.45, 2.75) is 32.2 Å². The van der Waals surface area contributed by atoms with E-state index in [9.17, 15) is 0 Å². The molecule has 24 heavy (non-hydrogen) atoms. The van der Waals surface area contributed by atoms with Crippen LogP contribution in [0.5, 0.6) is 0 Å². The standard InChI is InChI=1S/C19H22N4O/c1-14-3-2-9-23(14)10-6-17-12-15-11-16(4-5-18(15)24-17)22-19-13-20-7-8-21-19/h4-5,7-8,11-14H,2-3,6,9-10H2,1H3,(H,21,22)/t14-/m1/s1. The van der Waals surface area contributed by atoms with Crippen molar-refractivity contribution in [1.82, 2.24) is 14.9 Å². The third-order valence-electron chi connectivity index (χ3n) is 4.74. The Morgan fingerprint density at radius 1 is 1.29 bits per heavy atom. The first kappa shape index (κ1) is 15.1. The molecule has 1 aromatic carbocycles. The maximum atomic E-state index is 5.99. The fraction of sp³-hybridized carbons (Fsp3) is 0.368. The van der Waals surface area contributed by atoms with Crippen LogP contribution in [0.15, 0.2) is 47.3 Å². The molecule has 1 N–H and O–H groups in total. The zero-order chi connectivity index (χ0) is 16.4. The fourth-order valence-corrected chi connectivity index (χ4v) is 3.39. The van der Waals surface area contributed by atoms with Crippen LogP contribution in [0.1, 0.15) is 25.5 Å². The number of likely N-dealkylation sites (tertiary alicyclic amines) is 1. The molecule has 1 saturated heterocycles. The number of furan rings is 1. The first-order chi connectivity index (χ1) is 11.8. The van der Waals surface area contributed by atoms with E-state index in [2.05, 4.69) is 39.2 Å². The topological polar surface area (TPSA) is 54.2 Å². The maximum absolute atomic E-state index is 5.99. The molecule has 124 valence electrons. The van der Waals surface area contributed by atoms with Gasteiger partial charge in [0.2, 0.25) is 0 Å². The maximum Gasteiger partial charge on any atom is 0.148 e. The largest absolute Gasteiger partial charge is 0.461 e. The van der Waals surface area contributed by atoms with Crippen molar-refractivity contribution >= 4 is 22.5 Å². The van der Waals surface area contributed by atoms with Crippen LogP contribution in [-0.2, 0) is 6.42 Å². The molecular weight excluding hydrogens is 300 g/mol. The second-order valence-corrected chi connectivity index (χ2v) is 6.46. The summed E-state index contributed by atoms with van der Waals surface area (Å²) in [5.41, 5.74) is 1.92.